The van der Waals surface area contributed by atoms with E-state index in [0.717, 1.165) is 6.07 Å². The van der Waals surface area contributed by atoms with Crippen molar-refractivity contribution in [2.75, 3.05) is 20.7 Å². The van der Waals surface area contributed by atoms with E-state index in [1.54, 1.807) is 20.0 Å². The van der Waals surface area contributed by atoms with Gasteiger partial charge < -0.3 is 14.7 Å². The fraction of sp³-hybridized carbons (Fsp3) is 0.316. The molecule has 0 saturated heterocycles. The molecule has 1 amide bonds. The van der Waals surface area contributed by atoms with Crippen molar-refractivity contribution in [1.82, 2.24) is 4.90 Å². The molecule has 6 heteroatoms. The monoisotopic (exact) mass is 349 g/mol. The molecule has 1 unspecified atom stereocenters. The number of halogens is 2. The molecule has 0 aliphatic rings. The van der Waals surface area contributed by atoms with Gasteiger partial charge in [-0.2, -0.15) is 0 Å². The van der Waals surface area contributed by atoms with Crippen molar-refractivity contribution in [3.05, 3.63) is 53.6 Å². The first kappa shape index (κ1) is 18.9. The first-order valence-corrected chi connectivity index (χ1v) is 7.90. The molecule has 0 aromatic heterocycles. The van der Waals surface area contributed by atoms with Crippen LogP contribution in [0.2, 0.25) is 0 Å². The van der Waals surface area contributed by atoms with Gasteiger partial charge >= 0.3 is 0 Å². The number of nitrogens with zero attached hydrogens (tertiary/aromatic N) is 1. The number of benzene rings is 2. The smallest absolute Gasteiger partial charge is 0.256 e. The Kier molecular flexibility index (Phi) is 6.09. The van der Waals surface area contributed by atoms with Crippen molar-refractivity contribution in [3.63, 3.8) is 0 Å². The van der Waals surface area contributed by atoms with Crippen LogP contribution in [0, 0.1) is 11.6 Å². The van der Waals surface area contributed by atoms with E-state index in [1.807, 2.05) is 0 Å². The molecule has 0 bridgehead atoms. The molecule has 0 saturated carbocycles. The Morgan fingerprint density at radius 3 is 2.48 bits per heavy atom. The molecule has 4 nitrogen and oxygen atoms in total. The summed E-state index contributed by atoms with van der Waals surface area (Å²) in [6.07, 6.45) is -0.139. The van der Waals surface area contributed by atoms with E-state index in [0.29, 0.717) is 24.3 Å². The molecule has 0 spiro atoms. The summed E-state index contributed by atoms with van der Waals surface area (Å²) in [4.78, 5) is 13.6. The molecule has 1 N–H and O–H groups in total. The highest BCUT2D eigenvalue weighted by atomic mass is 19.1. The van der Waals surface area contributed by atoms with Gasteiger partial charge in [0.15, 0.2) is 0 Å². The topological polar surface area (TPSA) is 49.8 Å². The van der Waals surface area contributed by atoms with E-state index in [1.165, 1.54) is 36.3 Å². The van der Waals surface area contributed by atoms with Gasteiger partial charge in [-0.1, -0.05) is 6.07 Å². The number of hydrogen-bond acceptors (Lipinski definition) is 3. The number of hydrogen-bond donors (Lipinski definition) is 1. The van der Waals surface area contributed by atoms with Crippen LogP contribution >= 0.6 is 0 Å². The number of ether oxygens (including phenoxy) is 1. The van der Waals surface area contributed by atoms with E-state index < -0.39 is 23.6 Å². The van der Waals surface area contributed by atoms with Crippen LogP contribution < -0.4 is 4.74 Å². The number of aliphatic hydroxyl groups excluding tert-OH is 1. The van der Waals surface area contributed by atoms with Crippen LogP contribution in [0.1, 0.15) is 23.7 Å². The molecular weight excluding hydrogens is 328 g/mol. The van der Waals surface area contributed by atoms with Crippen LogP contribution in [0.15, 0.2) is 36.4 Å². The number of amides is 1. The Morgan fingerprint density at radius 2 is 1.92 bits per heavy atom. The van der Waals surface area contributed by atoms with Crippen molar-refractivity contribution < 1.29 is 23.4 Å². The Bertz CT molecular complexity index is 762. The molecule has 0 heterocycles. The quantitative estimate of drug-likeness (QED) is 0.869. The normalized spacial score (nSPS) is 11.9. The maximum atomic E-state index is 14.4. The molecule has 0 fully saturated rings. The van der Waals surface area contributed by atoms with E-state index in [2.05, 4.69) is 0 Å². The zero-order chi connectivity index (χ0) is 18.6. The van der Waals surface area contributed by atoms with Gasteiger partial charge in [0.25, 0.3) is 5.91 Å². The highest BCUT2D eigenvalue weighted by molar-refractivity contribution is 5.94. The molecule has 1 atom stereocenters. The molecule has 2 aromatic carbocycles. The summed E-state index contributed by atoms with van der Waals surface area (Å²) in [5, 5.41) is 9.28. The van der Waals surface area contributed by atoms with Gasteiger partial charge in [0, 0.05) is 25.2 Å². The summed E-state index contributed by atoms with van der Waals surface area (Å²) in [5.41, 5.74) is 0.466. The van der Waals surface area contributed by atoms with Crippen LogP contribution in [0.3, 0.4) is 0 Å². The Morgan fingerprint density at radius 1 is 1.20 bits per heavy atom. The lowest BCUT2D eigenvalue weighted by atomic mass is 10.0. The van der Waals surface area contributed by atoms with Crippen LogP contribution in [-0.4, -0.2) is 42.7 Å². The average Bonchev–Trinajstić information content (AvgIpc) is 2.58. The van der Waals surface area contributed by atoms with Gasteiger partial charge in [-0.3, -0.25) is 4.79 Å². The molecule has 2 rings (SSSR count). The summed E-state index contributed by atoms with van der Waals surface area (Å²) >= 11 is 0. The summed E-state index contributed by atoms with van der Waals surface area (Å²) < 4.78 is 33.4. The van der Waals surface area contributed by atoms with E-state index >= 15 is 0 Å². The molecule has 0 radical (unpaired) electrons. The van der Waals surface area contributed by atoms with E-state index in [4.69, 9.17) is 4.74 Å². The van der Waals surface area contributed by atoms with Crippen LogP contribution in [0.25, 0.3) is 11.1 Å². The largest absolute Gasteiger partial charge is 0.497 e. The second-order valence-corrected chi connectivity index (χ2v) is 5.90. The highest BCUT2D eigenvalue weighted by Crippen LogP contribution is 2.28. The number of aliphatic hydroxyl groups is 1. The zero-order valence-corrected chi connectivity index (χ0v) is 14.4. The van der Waals surface area contributed by atoms with Gasteiger partial charge in [-0.25, -0.2) is 8.78 Å². The van der Waals surface area contributed by atoms with Crippen LogP contribution in [0.4, 0.5) is 8.78 Å². The number of carbonyl (C=O) groups is 1. The highest BCUT2D eigenvalue weighted by Gasteiger charge is 2.18. The van der Waals surface area contributed by atoms with E-state index in [-0.39, 0.29) is 11.1 Å². The molecule has 0 aliphatic carbocycles. The number of carbonyl (C=O) groups excluding carboxylic acids is 1. The molecule has 25 heavy (non-hydrogen) atoms. The lowest BCUT2D eigenvalue weighted by molar-refractivity contribution is 0.0764. The minimum Gasteiger partial charge on any atom is -0.497 e. The van der Waals surface area contributed by atoms with Crippen LogP contribution in [-0.2, 0) is 0 Å². The summed E-state index contributed by atoms with van der Waals surface area (Å²) in [6, 6.07) is 8.29. The third-order valence-electron chi connectivity index (χ3n) is 3.92. The fourth-order valence-corrected chi connectivity index (χ4v) is 2.40. The van der Waals surface area contributed by atoms with Crippen molar-refractivity contribution in [2.45, 2.75) is 19.4 Å². The summed E-state index contributed by atoms with van der Waals surface area (Å²) in [6.45, 7) is 1.93. The summed E-state index contributed by atoms with van der Waals surface area (Å²) in [7, 11) is 2.98. The Balaban J connectivity index is 2.24. The SMILES string of the molecule is COc1ccc(-c2ccc(C(=O)N(C)CCC(C)O)c(F)c2)c(F)c1. The van der Waals surface area contributed by atoms with Gasteiger partial charge in [-0.05, 0) is 43.2 Å². The maximum absolute atomic E-state index is 14.4. The van der Waals surface area contributed by atoms with Crippen molar-refractivity contribution >= 4 is 5.91 Å². The second-order valence-electron chi connectivity index (χ2n) is 5.90. The standard InChI is InChI=1S/C19H21F2NO3/c1-12(23)8-9-22(2)19(24)16-6-4-13(10-17(16)20)15-7-5-14(25-3)11-18(15)21/h4-7,10-12,23H,8-9H2,1-3H3. The molecule has 134 valence electrons. The first-order chi connectivity index (χ1) is 11.8. The first-order valence-electron chi connectivity index (χ1n) is 7.90. The number of methoxy groups -OCH3 is 1. The maximum Gasteiger partial charge on any atom is 0.256 e. The predicted molar refractivity (Wildman–Crippen MR) is 91.6 cm³/mol. The third kappa shape index (κ3) is 4.54. The average molecular weight is 349 g/mol. The van der Waals surface area contributed by atoms with Gasteiger partial charge in [0.2, 0.25) is 0 Å². The third-order valence-corrected chi connectivity index (χ3v) is 3.92. The Hall–Kier alpha value is -2.47. The van der Waals surface area contributed by atoms with Gasteiger partial charge in [-0.15, -0.1) is 0 Å². The molecular formula is C19H21F2NO3. The zero-order valence-electron chi connectivity index (χ0n) is 14.4. The predicted octanol–water partition coefficient (Wildman–Crippen LogP) is 3.48. The van der Waals surface area contributed by atoms with Crippen LogP contribution in [0.5, 0.6) is 5.75 Å². The second kappa shape index (κ2) is 8.07. The van der Waals surface area contributed by atoms with Crippen molar-refractivity contribution in [3.8, 4) is 16.9 Å². The van der Waals surface area contributed by atoms with Gasteiger partial charge in [0.05, 0.1) is 18.8 Å². The van der Waals surface area contributed by atoms with Crippen molar-refractivity contribution in [1.29, 1.82) is 0 Å². The van der Waals surface area contributed by atoms with Crippen molar-refractivity contribution in [2.24, 2.45) is 0 Å². The molecule has 2 aromatic rings. The van der Waals surface area contributed by atoms with E-state index in [9.17, 15) is 18.7 Å². The lowest BCUT2D eigenvalue weighted by Gasteiger charge is -2.18. The lowest BCUT2D eigenvalue weighted by Crippen LogP contribution is -2.30. The number of rotatable bonds is 6. The Labute approximate surface area is 145 Å². The fourth-order valence-electron chi connectivity index (χ4n) is 2.40. The minimum absolute atomic E-state index is 0.0919. The van der Waals surface area contributed by atoms with Gasteiger partial charge in [0.1, 0.15) is 17.4 Å². The molecule has 0 aliphatic heterocycles. The minimum atomic E-state index is -0.721. The summed E-state index contributed by atoms with van der Waals surface area (Å²) in [5.74, 6) is -1.37.